The van der Waals surface area contributed by atoms with Gasteiger partial charge in [0.15, 0.2) is 5.84 Å². The smallest absolute Gasteiger partial charge is 0.225 e. The monoisotopic (exact) mass is 271 g/mol. The SMILES string of the molecule is Cc1cnc(N(C)Cc2cccc(C(N)=NO)c2)nc1. The largest absolute Gasteiger partial charge is 0.409 e. The van der Waals surface area contributed by atoms with Crippen LogP contribution in [0.2, 0.25) is 0 Å². The van der Waals surface area contributed by atoms with E-state index < -0.39 is 0 Å². The van der Waals surface area contributed by atoms with Crippen molar-refractivity contribution in [1.29, 1.82) is 0 Å². The second kappa shape index (κ2) is 6.01. The molecule has 20 heavy (non-hydrogen) atoms. The number of aromatic nitrogens is 2. The van der Waals surface area contributed by atoms with Gasteiger partial charge >= 0.3 is 0 Å². The molecule has 3 N–H and O–H groups in total. The Hall–Kier alpha value is -2.63. The van der Waals surface area contributed by atoms with Crippen LogP contribution in [0.4, 0.5) is 5.95 Å². The summed E-state index contributed by atoms with van der Waals surface area (Å²) >= 11 is 0. The maximum absolute atomic E-state index is 8.70. The molecule has 0 fully saturated rings. The summed E-state index contributed by atoms with van der Waals surface area (Å²) in [7, 11) is 1.92. The van der Waals surface area contributed by atoms with E-state index >= 15 is 0 Å². The number of amidine groups is 1. The zero-order valence-electron chi connectivity index (χ0n) is 11.5. The van der Waals surface area contributed by atoms with Gasteiger partial charge < -0.3 is 15.8 Å². The highest BCUT2D eigenvalue weighted by molar-refractivity contribution is 5.97. The molecule has 6 heteroatoms. The molecule has 0 aliphatic carbocycles. The van der Waals surface area contributed by atoms with Gasteiger partial charge in [-0.3, -0.25) is 0 Å². The van der Waals surface area contributed by atoms with Crippen LogP contribution in [-0.4, -0.2) is 28.1 Å². The molecule has 0 saturated heterocycles. The van der Waals surface area contributed by atoms with Gasteiger partial charge in [-0.05, 0) is 24.1 Å². The van der Waals surface area contributed by atoms with Crippen LogP contribution in [0, 0.1) is 6.92 Å². The van der Waals surface area contributed by atoms with Gasteiger partial charge in [-0.2, -0.15) is 0 Å². The predicted molar refractivity (Wildman–Crippen MR) is 77.8 cm³/mol. The Morgan fingerprint density at radius 2 is 2.05 bits per heavy atom. The van der Waals surface area contributed by atoms with Crippen molar-refractivity contribution in [3.63, 3.8) is 0 Å². The highest BCUT2D eigenvalue weighted by Gasteiger charge is 2.06. The molecular formula is C14H17N5O. The molecule has 0 aliphatic rings. The molecule has 0 amide bonds. The third-order valence-corrected chi connectivity index (χ3v) is 2.86. The van der Waals surface area contributed by atoms with Gasteiger partial charge in [0.2, 0.25) is 5.95 Å². The van der Waals surface area contributed by atoms with Crippen LogP contribution in [0.25, 0.3) is 0 Å². The molecule has 104 valence electrons. The number of hydrogen-bond acceptors (Lipinski definition) is 5. The molecule has 0 atom stereocenters. The fourth-order valence-corrected chi connectivity index (χ4v) is 1.81. The van der Waals surface area contributed by atoms with Crippen molar-refractivity contribution in [3.05, 3.63) is 53.3 Å². The third-order valence-electron chi connectivity index (χ3n) is 2.86. The first-order valence-electron chi connectivity index (χ1n) is 6.17. The summed E-state index contributed by atoms with van der Waals surface area (Å²) in [6.07, 6.45) is 3.57. The average molecular weight is 271 g/mol. The number of nitrogens with zero attached hydrogens (tertiary/aromatic N) is 4. The van der Waals surface area contributed by atoms with Gasteiger partial charge in [0.25, 0.3) is 0 Å². The van der Waals surface area contributed by atoms with Crippen molar-refractivity contribution >= 4 is 11.8 Å². The Kier molecular flexibility index (Phi) is 4.14. The molecule has 2 aromatic rings. The van der Waals surface area contributed by atoms with Crippen molar-refractivity contribution in [2.24, 2.45) is 10.9 Å². The van der Waals surface area contributed by atoms with Crippen LogP contribution in [-0.2, 0) is 6.54 Å². The molecule has 0 aliphatic heterocycles. The summed E-state index contributed by atoms with van der Waals surface area (Å²) < 4.78 is 0. The fourth-order valence-electron chi connectivity index (χ4n) is 1.81. The first-order chi connectivity index (χ1) is 9.60. The predicted octanol–water partition coefficient (Wildman–Crippen LogP) is 1.52. The second-order valence-electron chi connectivity index (χ2n) is 4.60. The number of aryl methyl sites for hydroxylation is 1. The van der Waals surface area contributed by atoms with E-state index in [0.29, 0.717) is 18.1 Å². The standard InChI is InChI=1S/C14H17N5O/c1-10-7-16-14(17-8-10)19(2)9-11-4-3-5-12(6-11)13(15)18-20/h3-8,20H,9H2,1-2H3,(H2,15,18). The van der Waals surface area contributed by atoms with Crippen molar-refractivity contribution in [3.8, 4) is 0 Å². The lowest BCUT2D eigenvalue weighted by atomic mass is 10.1. The molecule has 0 spiro atoms. The molecule has 0 saturated carbocycles. The molecule has 1 aromatic heterocycles. The molecule has 6 nitrogen and oxygen atoms in total. The Morgan fingerprint density at radius 1 is 1.35 bits per heavy atom. The minimum Gasteiger partial charge on any atom is -0.409 e. The van der Waals surface area contributed by atoms with E-state index in [4.69, 9.17) is 10.9 Å². The minimum absolute atomic E-state index is 0.0982. The highest BCUT2D eigenvalue weighted by atomic mass is 16.4. The number of hydrogen-bond donors (Lipinski definition) is 2. The van der Waals surface area contributed by atoms with E-state index in [9.17, 15) is 0 Å². The summed E-state index contributed by atoms with van der Waals surface area (Å²) in [5.74, 6) is 0.755. The highest BCUT2D eigenvalue weighted by Crippen LogP contribution is 2.11. The summed E-state index contributed by atoms with van der Waals surface area (Å²) in [5, 5.41) is 11.7. The number of oxime groups is 1. The van der Waals surface area contributed by atoms with Crippen LogP contribution in [0.1, 0.15) is 16.7 Å². The Bertz CT molecular complexity index is 609. The van der Waals surface area contributed by atoms with Gasteiger partial charge in [-0.25, -0.2) is 9.97 Å². The van der Waals surface area contributed by atoms with Crippen LogP contribution in [0.15, 0.2) is 41.8 Å². The summed E-state index contributed by atoms with van der Waals surface area (Å²) in [6.45, 7) is 2.58. The van der Waals surface area contributed by atoms with Crippen LogP contribution < -0.4 is 10.6 Å². The average Bonchev–Trinajstić information content (AvgIpc) is 2.47. The lowest BCUT2D eigenvalue weighted by Crippen LogP contribution is -2.20. The number of anilines is 1. The van der Waals surface area contributed by atoms with Crippen LogP contribution in [0.5, 0.6) is 0 Å². The van der Waals surface area contributed by atoms with Gasteiger partial charge in [-0.1, -0.05) is 23.4 Å². The molecule has 0 radical (unpaired) electrons. The third kappa shape index (κ3) is 3.23. The van der Waals surface area contributed by atoms with E-state index in [0.717, 1.165) is 11.1 Å². The van der Waals surface area contributed by atoms with Gasteiger partial charge in [0.05, 0.1) is 0 Å². The van der Waals surface area contributed by atoms with Gasteiger partial charge in [0.1, 0.15) is 0 Å². The molecular weight excluding hydrogens is 254 g/mol. The zero-order chi connectivity index (χ0) is 14.5. The van der Waals surface area contributed by atoms with Gasteiger partial charge in [0, 0.05) is 31.5 Å². The Morgan fingerprint density at radius 3 is 2.70 bits per heavy atom. The van der Waals surface area contributed by atoms with Crippen molar-refractivity contribution in [2.75, 3.05) is 11.9 Å². The molecule has 1 aromatic carbocycles. The summed E-state index contributed by atoms with van der Waals surface area (Å²) in [6, 6.07) is 7.51. The molecule has 0 bridgehead atoms. The molecule has 0 unspecified atom stereocenters. The minimum atomic E-state index is 0.0982. The van der Waals surface area contributed by atoms with Crippen molar-refractivity contribution < 1.29 is 5.21 Å². The van der Waals surface area contributed by atoms with E-state index in [-0.39, 0.29) is 5.84 Å². The summed E-state index contributed by atoms with van der Waals surface area (Å²) in [5.41, 5.74) is 8.32. The zero-order valence-corrected chi connectivity index (χ0v) is 11.5. The second-order valence-corrected chi connectivity index (χ2v) is 4.60. The van der Waals surface area contributed by atoms with Crippen molar-refractivity contribution in [1.82, 2.24) is 9.97 Å². The van der Waals surface area contributed by atoms with E-state index in [1.807, 2.05) is 37.1 Å². The number of rotatable bonds is 4. The lowest BCUT2D eigenvalue weighted by molar-refractivity contribution is 0.318. The topological polar surface area (TPSA) is 87.6 Å². The van der Waals surface area contributed by atoms with Gasteiger partial charge in [-0.15, -0.1) is 0 Å². The lowest BCUT2D eigenvalue weighted by Gasteiger charge is -2.17. The maximum Gasteiger partial charge on any atom is 0.225 e. The van der Waals surface area contributed by atoms with Crippen LogP contribution >= 0.6 is 0 Å². The number of nitrogens with two attached hydrogens (primary N) is 1. The fraction of sp³-hybridized carbons (Fsp3) is 0.214. The van der Waals surface area contributed by atoms with Crippen LogP contribution in [0.3, 0.4) is 0 Å². The normalized spacial score (nSPS) is 11.4. The quantitative estimate of drug-likeness (QED) is 0.381. The van der Waals surface area contributed by atoms with E-state index in [2.05, 4.69) is 15.1 Å². The van der Waals surface area contributed by atoms with E-state index in [1.165, 1.54) is 0 Å². The number of benzene rings is 1. The molecule has 2 rings (SSSR count). The first kappa shape index (κ1) is 13.8. The summed E-state index contributed by atoms with van der Waals surface area (Å²) in [4.78, 5) is 10.5. The first-order valence-corrected chi connectivity index (χ1v) is 6.17. The molecule has 1 heterocycles. The Balaban J connectivity index is 2.15. The Labute approximate surface area is 117 Å². The maximum atomic E-state index is 8.70. The van der Waals surface area contributed by atoms with E-state index in [1.54, 1.807) is 18.5 Å². The van der Waals surface area contributed by atoms with Crippen molar-refractivity contribution in [2.45, 2.75) is 13.5 Å².